The standard InChI is InChI=1S/C28H23F5N6O4/c1-37(18-6-4-17(29)5-7-18)24(40)12-39-21-11-16(28(31,32)33)10-19(25(21)38(2)27(39)41)15-8-20(30)26(22(9-15)42-3)43-13-23-34-14-35-36-23/h4-11,14H,12-13H2,1-3H3,(H,34,35,36). The van der Waals surface area contributed by atoms with E-state index in [-0.39, 0.29) is 40.3 Å². The Morgan fingerprint density at radius 3 is 2.44 bits per heavy atom. The van der Waals surface area contributed by atoms with Crippen molar-refractivity contribution in [3.63, 3.8) is 0 Å². The fourth-order valence-corrected chi connectivity index (χ4v) is 4.60. The summed E-state index contributed by atoms with van der Waals surface area (Å²) in [5, 5.41) is 6.23. The van der Waals surface area contributed by atoms with E-state index in [2.05, 4.69) is 15.2 Å². The van der Waals surface area contributed by atoms with E-state index in [0.29, 0.717) is 11.5 Å². The maximum Gasteiger partial charge on any atom is 0.416 e. The van der Waals surface area contributed by atoms with Crippen molar-refractivity contribution < 1.29 is 36.2 Å². The Balaban J connectivity index is 1.62. The first-order valence-corrected chi connectivity index (χ1v) is 12.6. The Kier molecular flexibility index (Phi) is 7.65. The molecule has 0 fully saturated rings. The quantitative estimate of drug-likeness (QED) is 0.259. The summed E-state index contributed by atoms with van der Waals surface area (Å²) in [6, 6.07) is 8.77. The molecule has 224 valence electrons. The van der Waals surface area contributed by atoms with E-state index in [1.165, 1.54) is 45.7 Å². The van der Waals surface area contributed by atoms with E-state index < -0.39 is 41.5 Å². The third-order valence-electron chi connectivity index (χ3n) is 6.80. The number of benzene rings is 3. The molecule has 0 aliphatic rings. The number of imidazole rings is 1. The summed E-state index contributed by atoms with van der Waals surface area (Å²) in [7, 11) is 3.95. The van der Waals surface area contributed by atoms with Gasteiger partial charge in [-0.15, -0.1) is 0 Å². The number of carbonyl (C=O) groups is 1. The van der Waals surface area contributed by atoms with Crippen LogP contribution in [0.15, 0.2) is 59.7 Å². The highest BCUT2D eigenvalue weighted by Gasteiger charge is 2.33. The van der Waals surface area contributed by atoms with Crippen molar-refractivity contribution in [1.82, 2.24) is 24.3 Å². The number of halogens is 5. The Hall–Kier alpha value is -5.21. The second kappa shape index (κ2) is 11.2. The highest BCUT2D eigenvalue weighted by molar-refractivity contribution is 5.97. The van der Waals surface area contributed by atoms with Gasteiger partial charge in [0.15, 0.2) is 23.1 Å². The lowest BCUT2D eigenvalue weighted by molar-refractivity contribution is -0.137. The first-order chi connectivity index (χ1) is 20.4. The van der Waals surface area contributed by atoms with E-state index in [9.17, 15) is 27.2 Å². The van der Waals surface area contributed by atoms with Gasteiger partial charge in [-0.3, -0.25) is 19.0 Å². The first-order valence-electron chi connectivity index (χ1n) is 12.6. The average molecular weight is 603 g/mol. The summed E-state index contributed by atoms with van der Waals surface area (Å²) in [6.07, 6.45) is -3.61. The largest absolute Gasteiger partial charge is 0.493 e. The molecule has 0 saturated carbocycles. The number of ether oxygens (including phenoxy) is 2. The second-order valence-electron chi connectivity index (χ2n) is 9.46. The lowest BCUT2D eigenvalue weighted by Gasteiger charge is -2.18. The molecule has 0 saturated heterocycles. The molecule has 1 amide bonds. The number of rotatable bonds is 8. The molecule has 43 heavy (non-hydrogen) atoms. The van der Waals surface area contributed by atoms with Gasteiger partial charge < -0.3 is 14.4 Å². The summed E-state index contributed by atoms with van der Waals surface area (Å²) < 4.78 is 83.7. The van der Waals surface area contributed by atoms with Gasteiger partial charge in [0.05, 0.1) is 23.7 Å². The fourth-order valence-electron chi connectivity index (χ4n) is 4.60. The van der Waals surface area contributed by atoms with Crippen molar-refractivity contribution in [2.24, 2.45) is 7.05 Å². The molecule has 0 radical (unpaired) electrons. The van der Waals surface area contributed by atoms with Crippen LogP contribution in [0.25, 0.3) is 22.2 Å². The van der Waals surface area contributed by atoms with Crippen LogP contribution in [0.3, 0.4) is 0 Å². The summed E-state index contributed by atoms with van der Waals surface area (Å²) in [5.41, 5.74) is -1.96. The molecule has 1 N–H and O–H groups in total. The maximum atomic E-state index is 15.4. The highest BCUT2D eigenvalue weighted by atomic mass is 19.4. The molecule has 0 unspecified atom stereocenters. The van der Waals surface area contributed by atoms with Crippen molar-refractivity contribution in [2.75, 3.05) is 19.1 Å². The first kappa shape index (κ1) is 29.3. The number of anilines is 1. The third kappa shape index (κ3) is 5.65. The molecule has 3 aromatic carbocycles. The molecule has 0 bridgehead atoms. The minimum Gasteiger partial charge on any atom is -0.493 e. The van der Waals surface area contributed by atoms with Crippen LogP contribution in [0.4, 0.5) is 27.6 Å². The number of amides is 1. The van der Waals surface area contributed by atoms with E-state index in [0.717, 1.165) is 44.4 Å². The Morgan fingerprint density at radius 2 is 1.81 bits per heavy atom. The number of hydrogen-bond acceptors (Lipinski definition) is 6. The van der Waals surface area contributed by atoms with Gasteiger partial charge in [-0.05, 0) is 54.1 Å². The minimum atomic E-state index is -4.85. The van der Waals surface area contributed by atoms with Crippen LogP contribution in [-0.2, 0) is 31.2 Å². The number of carbonyl (C=O) groups excluding carboxylic acids is 1. The molecule has 0 aliphatic carbocycles. The zero-order valence-electron chi connectivity index (χ0n) is 22.9. The average Bonchev–Trinajstić information content (AvgIpc) is 3.58. The van der Waals surface area contributed by atoms with Gasteiger partial charge in [-0.2, -0.15) is 18.3 Å². The van der Waals surface area contributed by atoms with Gasteiger partial charge in [0, 0.05) is 25.3 Å². The number of nitrogens with zero attached hydrogens (tertiary/aromatic N) is 5. The van der Waals surface area contributed by atoms with Gasteiger partial charge in [-0.1, -0.05) is 0 Å². The van der Waals surface area contributed by atoms with Crippen LogP contribution in [0.2, 0.25) is 0 Å². The smallest absolute Gasteiger partial charge is 0.416 e. The number of likely N-dealkylation sites (N-methyl/N-ethyl adjacent to an activating group) is 1. The number of fused-ring (bicyclic) bond motifs is 1. The zero-order chi connectivity index (χ0) is 31.1. The van der Waals surface area contributed by atoms with Crippen LogP contribution < -0.4 is 20.1 Å². The number of aromatic amines is 1. The van der Waals surface area contributed by atoms with Crippen molar-refractivity contribution in [1.29, 1.82) is 0 Å². The topological polar surface area (TPSA) is 107 Å². The van der Waals surface area contributed by atoms with Crippen LogP contribution in [0.1, 0.15) is 11.4 Å². The molecule has 2 aromatic heterocycles. The fraction of sp³-hybridized carbons (Fsp3) is 0.214. The number of nitrogens with one attached hydrogen (secondary N) is 1. The van der Waals surface area contributed by atoms with Gasteiger partial charge >= 0.3 is 11.9 Å². The lowest BCUT2D eigenvalue weighted by Crippen LogP contribution is -2.34. The summed E-state index contributed by atoms with van der Waals surface area (Å²) in [4.78, 5) is 31.4. The highest BCUT2D eigenvalue weighted by Crippen LogP contribution is 2.41. The SMILES string of the molecule is COc1cc(-c2cc(C(F)(F)F)cc3c2n(C)c(=O)n3CC(=O)N(C)c2ccc(F)cc2)cc(F)c1OCc1ncn[nH]1. The van der Waals surface area contributed by atoms with Crippen molar-refractivity contribution >= 4 is 22.6 Å². The monoisotopic (exact) mass is 602 g/mol. The molecular formula is C28H23F5N6O4. The molecule has 10 nitrogen and oxygen atoms in total. The number of aryl methyl sites for hydroxylation is 1. The Labute approximate surface area is 239 Å². The van der Waals surface area contributed by atoms with Crippen LogP contribution in [0.5, 0.6) is 11.5 Å². The maximum absolute atomic E-state index is 15.4. The zero-order valence-corrected chi connectivity index (χ0v) is 22.9. The van der Waals surface area contributed by atoms with Crippen molar-refractivity contribution in [3.05, 3.63) is 88.4 Å². The normalized spacial score (nSPS) is 11.6. The second-order valence-corrected chi connectivity index (χ2v) is 9.46. The Morgan fingerprint density at radius 1 is 1.09 bits per heavy atom. The predicted octanol–water partition coefficient (Wildman–Crippen LogP) is 4.67. The lowest BCUT2D eigenvalue weighted by atomic mass is 9.99. The Bertz CT molecular complexity index is 1860. The van der Waals surface area contributed by atoms with E-state index in [1.807, 2.05) is 0 Å². The number of alkyl halides is 3. The molecule has 2 heterocycles. The molecule has 5 rings (SSSR count). The van der Waals surface area contributed by atoms with Gasteiger partial charge in [0.1, 0.15) is 25.3 Å². The number of hydrogen-bond donors (Lipinski definition) is 1. The predicted molar refractivity (Wildman–Crippen MR) is 145 cm³/mol. The van der Waals surface area contributed by atoms with Crippen LogP contribution in [0, 0.1) is 11.6 Å². The number of methoxy groups -OCH3 is 1. The van der Waals surface area contributed by atoms with E-state index in [4.69, 9.17) is 9.47 Å². The van der Waals surface area contributed by atoms with Crippen LogP contribution in [-0.4, -0.2) is 44.4 Å². The van der Waals surface area contributed by atoms with Crippen molar-refractivity contribution in [3.8, 4) is 22.6 Å². The van der Waals surface area contributed by atoms with Gasteiger partial charge in [0.2, 0.25) is 5.91 Å². The number of H-pyrrole nitrogens is 1. The van der Waals surface area contributed by atoms with Gasteiger partial charge in [0.25, 0.3) is 0 Å². The third-order valence-corrected chi connectivity index (χ3v) is 6.80. The van der Waals surface area contributed by atoms with Crippen molar-refractivity contribution in [2.45, 2.75) is 19.3 Å². The summed E-state index contributed by atoms with van der Waals surface area (Å²) in [6.45, 7) is -0.824. The summed E-state index contributed by atoms with van der Waals surface area (Å²) in [5.74, 6) is -2.26. The van der Waals surface area contributed by atoms with Gasteiger partial charge in [-0.25, -0.2) is 18.6 Å². The molecule has 0 atom stereocenters. The molecule has 0 spiro atoms. The minimum absolute atomic E-state index is 0.0204. The molecule has 0 aliphatic heterocycles. The summed E-state index contributed by atoms with van der Waals surface area (Å²) >= 11 is 0. The van der Waals surface area contributed by atoms with E-state index >= 15 is 4.39 Å². The van der Waals surface area contributed by atoms with E-state index in [1.54, 1.807) is 0 Å². The van der Waals surface area contributed by atoms with Crippen LogP contribution >= 0.6 is 0 Å². The molecule has 5 aromatic rings. The molecule has 15 heteroatoms. The molecular weight excluding hydrogens is 579 g/mol. The number of aromatic nitrogens is 5.